The van der Waals surface area contributed by atoms with Crippen LogP contribution in [0.1, 0.15) is 19.4 Å². The minimum atomic E-state index is -0.127. The molecule has 0 spiro atoms. The standard InChI is InChI=1S/C13H20N2O2/c1-10(2)9-15-13(17)14-8-7-11-3-5-12(16)6-4-11/h3-6,10,16H,7-9H2,1-2H3,(H2,14,15,17). The summed E-state index contributed by atoms with van der Waals surface area (Å²) in [6.07, 6.45) is 0.759. The zero-order chi connectivity index (χ0) is 12.7. The number of amides is 2. The van der Waals surface area contributed by atoms with Crippen LogP contribution >= 0.6 is 0 Å². The fourth-order valence-electron chi connectivity index (χ4n) is 1.34. The third-order valence-electron chi connectivity index (χ3n) is 2.31. The van der Waals surface area contributed by atoms with Gasteiger partial charge in [-0.2, -0.15) is 0 Å². The Morgan fingerprint density at radius 3 is 2.47 bits per heavy atom. The summed E-state index contributed by atoms with van der Waals surface area (Å²) in [4.78, 5) is 11.3. The van der Waals surface area contributed by atoms with Crippen molar-refractivity contribution in [2.45, 2.75) is 20.3 Å². The molecule has 1 aromatic carbocycles. The van der Waals surface area contributed by atoms with E-state index in [1.807, 2.05) is 12.1 Å². The normalized spacial score (nSPS) is 10.3. The molecule has 0 heterocycles. The molecule has 4 heteroatoms. The second-order valence-electron chi connectivity index (χ2n) is 4.45. The Morgan fingerprint density at radius 1 is 1.24 bits per heavy atom. The molecule has 0 atom stereocenters. The van der Waals surface area contributed by atoms with Crippen LogP contribution in [0, 0.1) is 5.92 Å². The number of aromatic hydroxyl groups is 1. The monoisotopic (exact) mass is 236 g/mol. The van der Waals surface area contributed by atoms with E-state index in [0.717, 1.165) is 12.0 Å². The van der Waals surface area contributed by atoms with Gasteiger partial charge in [0.05, 0.1) is 0 Å². The van der Waals surface area contributed by atoms with Gasteiger partial charge in [-0.3, -0.25) is 0 Å². The second kappa shape index (κ2) is 6.78. The van der Waals surface area contributed by atoms with Crippen LogP contribution in [0.5, 0.6) is 5.75 Å². The number of carbonyl (C=O) groups excluding carboxylic acids is 1. The summed E-state index contributed by atoms with van der Waals surface area (Å²) >= 11 is 0. The summed E-state index contributed by atoms with van der Waals surface area (Å²) in [7, 11) is 0. The van der Waals surface area contributed by atoms with Gasteiger partial charge in [-0.15, -0.1) is 0 Å². The SMILES string of the molecule is CC(C)CNC(=O)NCCc1ccc(O)cc1. The van der Waals surface area contributed by atoms with Crippen molar-refractivity contribution in [2.75, 3.05) is 13.1 Å². The van der Waals surface area contributed by atoms with Crippen LogP contribution in [0.25, 0.3) is 0 Å². The zero-order valence-corrected chi connectivity index (χ0v) is 10.4. The van der Waals surface area contributed by atoms with Crippen molar-refractivity contribution < 1.29 is 9.90 Å². The van der Waals surface area contributed by atoms with Crippen molar-refractivity contribution in [1.29, 1.82) is 0 Å². The Labute approximate surface area is 102 Å². The average molecular weight is 236 g/mol. The molecule has 3 N–H and O–H groups in total. The zero-order valence-electron chi connectivity index (χ0n) is 10.4. The Balaban J connectivity index is 2.19. The van der Waals surface area contributed by atoms with E-state index in [1.54, 1.807) is 12.1 Å². The van der Waals surface area contributed by atoms with E-state index in [-0.39, 0.29) is 11.8 Å². The number of urea groups is 1. The minimum Gasteiger partial charge on any atom is -0.508 e. The number of carbonyl (C=O) groups is 1. The summed E-state index contributed by atoms with van der Waals surface area (Å²) in [5, 5.41) is 14.7. The van der Waals surface area contributed by atoms with Crippen molar-refractivity contribution in [3.8, 4) is 5.75 Å². The van der Waals surface area contributed by atoms with Crippen molar-refractivity contribution in [3.05, 3.63) is 29.8 Å². The molecule has 1 aromatic rings. The van der Waals surface area contributed by atoms with Crippen molar-refractivity contribution in [3.63, 3.8) is 0 Å². The third kappa shape index (κ3) is 5.80. The maximum absolute atomic E-state index is 11.3. The maximum atomic E-state index is 11.3. The van der Waals surface area contributed by atoms with E-state index in [4.69, 9.17) is 5.11 Å². The van der Waals surface area contributed by atoms with Crippen molar-refractivity contribution >= 4 is 6.03 Å². The molecule has 0 aliphatic carbocycles. The highest BCUT2D eigenvalue weighted by Crippen LogP contribution is 2.09. The minimum absolute atomic E-state index is 0.127. The van der Waals surface area contributed by atoms with Gasteiger partial charge >= 0.3 is 6.03 Å². The van der Waals surface area contributed by atoms with E-state index >= 15 is 0 Å². The number of phenols is 1. The van der Waals surface area contributed by atoms with Gasteiger partial charge in [0.1, 0.15) is 5.75 Å². The molecule has 1 rings (SSSR count). The number of nitrogens with one attached hydrogen (secondary N) is 2. The lowest BCUT2D eigenvalue weighted by Gasteiger charge is -2.09. The van der Waals surface area contributed by atoms with Gasteiger partial charge in [-0.1, -0.05) is 26.0 Å². The third-order valence-corrected chi connectivity index (χ3v) is 2.31. The number of hydrogen-bond donors (Lipinski definition) is 3. The van der Waals surface area contributed by atoms with Crippen LogP contribution in [0.2, 0.25) is 0 Å². The lowest BCUT2D eigenvalue weighted by molar-refractivity contribution is 0.239. The van der Waals surface area contributed by atoms with Crippen LogP contribution in [-0.4, -0.2) is 24.2 Å². The van der Waals surface area contributed by atoms with E-state index in [2.05, 4.69) is 24.5 Å². The largest absolute Gasteiger partial charge is 0.508 e. The van der Waals surface area contributed by atoms with Gasteiger partial charge in [-0.25, -0.2) is 4.79 Å². The van der Waals surface area contributed by atoms with Gasteiger partial charge in [-0.05, 0) is 30.0 Å². The highest BCUT2D eigenvalue weighted by molar-refractivity contribution is 5.73. The maximum Gasteiger partial charge on any atom is 0.314 e. The number of hydrogen-bond acceptors (Lipinski definition) is 2. The first kappa shape index (κ1) is 13.4. The van der Waals surface area contributed by atoms with E-state index in [9.17, 15) is 4.79 Å². The predicted octanol–water partition coefficient (Wildman–Crippen LogP) is 1.89. The van der Waals surface area contributed by atoms with Gasteiger partial charge in [0, 0.05) is 13.1 Å². The summed E-state index contributed by atoms with van der Waals surface area (Å²) in [6.45, 7) is 5.38. The molecule has 0 saturated heterocycles. The summed E-state index contributed by atoms with van der Waals surface area (Å²) in [5.41, 5.74) is 1.09. The highest BCUT2D eigenvalue weighted by Gasteiger charge is 2.00. The lowest BCUT2D eigenvalue weighted by atomic mass is 10.1. The van der Waals surface area contributed by atoms with Crippen LogP contribution in [-0.2, 0) is 6.42 Å². The Bertz CT molecular complexity index is 347. The quantitative estimate of drug-likeness (QED) is 0.731. The van der Waals surface area contributed by atoms with Gasteiger partial charge in [0.15, 0.2) is 0 Å². The van der Waals surface area contributed by atoms with E-state index in [0.29, 0.717) is 19.0 Å². The Hall–Kier alpha value is -1.71. The average Bonchev–Trinajstić information content (AvgIpc) is 2.29. The Morgan fingerprint density at radius 2 is 1.88 bits per heavy atom. The van der Waals surface area contributed by atoms with Crippen molar-refractivity contribution in [2.24, 2.45) is 5.92 Å². The van der Waals surface area contributed by atoms with Crippen LogP contribution in [0.4, 0.5) is 4.79 Å². The number of benzene rings is 1. The molecule has 0 aliphatic heterocycles. The summed E-state index contributed by atoms with van der Waals surface area (Å²) in [6, 6.07) is 6.87. The Kier molecular flexibility index (Phi) is 5.33. The molecule has 4 nitrogen and oxygen atoms in total. The smallest absolute Gasteiger partial charge is 0.314 e. The van der Waals surface area contributed by atoms with Gasteiger partial charge in [0.2, 0.25) is 0 Å². The molecule has 94 valence electrons. The molecule has 0 bridgehead atoms. The first-order chi connectivity index (χ1) is 8.08. The fourth-order valence-corrected chi connectivity index (χ4v) is 1.34. The van der Waals surface area contributed by atoms with E-state index in [1.165, 1.54) is 0 Å². The van der Waals surface area contributed by atoms with E-state index < -0.39 is 0 Å². The molecule has 0 fully saturated rings. The van der Waals surface area contributed by atoms with Crippen LogP contribution in [0.3, 0.4) is 0 Å². The predicted molar refractivity (Wildman–Crippen MR) is 68.1 cm³/mol. The number of phenolic OH excluding ortho intramolecular Hbond substituents is 1. The molecule has 0 radical (unpaired) electrons. The first-order valence-electron chi connectivity index (χ1n) is 5.87. The molecule has 0 unspecified atom stereocenters. The molecule has 0 aliphatic rings. The molecule has 0 aromatic heterocycles. The molecule has 2 amide bonds. The lowest BCUT2D eigenvalue weighted by Crippen LogP contribution is -2.38. The first-order valence-corrected chi connectivity index (χ1v) is 5.87. The van der Waals surface area contributed by atoms with Gasteiger partial charge in [0.25, 0.3) is 0 Å². The van der Waals surface area contributed by atoms with Crippen LogP contribution in [0.15, 0.2) is 24.3 Å². The summed E-state index contributed by atoms with van der Waals surface area (Å²) in [5.74, 6) is 0.717. The molecule has 17 heavy (non-hydrogen) atoms. The molecule has 0 saturated carbocycles. The number of rotatable bonds is 5. The highest BCUT2D eigenvalue weighted by atomic mass is 16.3. The second-order valence-corrected chi connectivity index (χ2v) is 4.45. The molecular weight excluding hydrogens is 216 g/mol. The van der Waals surface area contributed by atoms with Crippen LogP contribution < -0.4 is 10.6 Å². The van der Waals surface area contributed by atoms with Crippen molar-refractivity contribution in [1.82, 2.24) is 10.6 Å². The van der Waals surface area contributed by atoms with Gasteiger partial charge < -0.3 is 15.7 Å². The fraction of sp³-hybridized carbons (Fsp3) is 0.462. The topological polar surface area (TPSA) is 61.4 Å². The summed E-state index contributed by atoms with van der Waals surface area (Å²) < 4.78 is 0. The molecular formula is C13H20N2O2.